The molecule has 3 rings (SSSR count). The Morgan fingerprint density at radius 1 is 1.16 bits per heavy atom. The molecule has 1 aliphatic rings. The highest BCUT2D eigenvalue weighted by molar-refractivity contribution is 9.10. The van der Waals surface area contributed by atoms with Gasteiger partial charge in [0.05, 0.1) is 0 Å². The molecule has 98 valence electrons. The fourth-order valence-electron chi connectivity index (χ4n) is 2.47. The predicted molar refractivity (Wildman–Crippen MR) is 79.6 cm³/mol. The van der Waals surface area contributed by atoms with Gasteiger partial charge in [-0.15, -0.1) is 0 Å². The molecule has 0 aliphatic heterocycles. The van der Waals surface area contributed by atoms with E-state index in [1.165, 1.54) is 18.4 Å². The minimum Gasteiger partial charge on any atom is -0.308 e. The third kappa shape index (κ3) is 2.48. The first-order chi connectivity index (χ1) is 9.28. The molecule has 1 heterocycles. The number of hydrogen-bond donors (Lipinski definition) is 2. The average molecular weight is 319 g/mol. The molecule has 3 N–H and O–H groups in total. The van der Waals surface area contributed by atoms with Crippen LogP contribution >= 0.6 is 15.9 Å². The number of nitrogens with zero attached hydrogens (tertiary/aromatic N) is 2. The van der Waals surface area contributed by atoms with Crippen molar-refractivity contribution < 1.29 is 0 Å². The quantitative estimate of drug-likeness (QED) is 0.659. The van der Waals surface area contributed by atoms with E-state index in [0.717, 1.165) is 40.2 Å². The third-order valence-electron chi connectivity index (χ3n) is 3.40. The van der Waals surface area contributed by atoms with E-state index in [1.807, 2.05) is 24.3 Å². The Kier molecular flexibility index (Phi) is 3.48. The second-order valence-corrected chi connectivity index (χ2v) is 5.60. The Bertz CT molecular complexity index is 595. The molecule has 0 radical (unpaired) electrons. The van der Waals surface area contributed by atoms with Gasteiger partial charge in [-0.25, -0.2) is 15.8 Å². The van der Waals surface area contributed by atoms with Crippen LogP contribution in [0.2, 0.25) is 0 Å². The van der Waals surface area contributed by atoms with Crippen molar-refractivity contribution in [3.8, 4) is 11.4 Å². The van der Waals surface area contributed by atoms with Crippen LogP contribution in [0.4, 0.5) is 5.82 Å². The number of hydrazine groups is 1. The highest BCUT2D eigenvalue weighted by Gasteiger charge is 2.17. The van der Waals surface area contributed by atoms with E-state index in [1.54, 1.807) is 0 Å². The lowest BCUT2D eigenvalue weighted by atomic mass is 9.96. The molecule has 0 atom stereocenters. The Morgan fingerprint density at radius 2 is 2.00 bits per heavy atom. The normalized spacial score (nSPS) is 14.0. The summed E-state index contributed by atoms with van der Waals surface area (Å²) in [6, 6.07) is 8.00. The zero-order valence-corrected chi connectivity index (χ0v) is 12.1. The second kappa shape index (κ2) is 5.27. The Balaban J connectivity index is 2.12. The molecule has 0 saturated carbocycles. The number of fused-ring (bicyclic) bond motifs is 1. The van der Waals surface area contributed by atoms with Crippen LogP contribution < -0.4 is 11.3 Å². The summed E-state index contributed by atoms with van der Waals surface area (Å²) in [5.41, 5.74) is 6.02. The second-order valence-electron chi connectivity index (χ2n) is 4.68. The van der Waals surface area contributed by atoms with Gasteiger partial charge in [0, 0.05) is 21.3 Å². The molecule has 0 amide bonds. The fraction of sp³-hybridized carbons (Fsp3) is 0.286. The summed E-state index contributed by atoms with van der Waals surface area (Å²) in [7, 11) is 0. The minimum absolute atomic E-state index is 0.731. The van der Waals surface area contributed by atoms with Crippen molar-refractivity contribution in [1.29, 1.82) is 0 Å². The van der Waals surface area contributed by atoms with Crippen molar-refractivity contribution in [3.63, 3.8) is 0 Å². The molecule has 0 saturated heterocycles. The first kappa shape index (κ1) is 12.6. The molecule has 0 fully saturated rings. The maximum absolute atomic E-state index is 5.60. The van der Waals surface area contributed by atoms with E-state index in [4.69, 9.17) is 10.8 Å². The van der Waals surface area contributed by atoms with E-state index in [0.29, 0.717) is 0 Å². The van der Waals surface area contributed by atoms with Crippen molar-refractivity contribution in [1.82, 2.24) is 9.97 Å². The number of rotatable bonds is 2. The average Bonchev–Trinajstić information content (AvgIpc) is 2.46. The van der Waals surface area contributed by atoms with Gasteiger partial charge >= 0.3 is 0 Å². The standard InChI is InChI=1S/C14H15BrN4/c15-10-5-3-4-9(8-10)13-17-12-7-2-1-6-11(12)14(18-13)19-16/h3-5,8H,1-2,6-7,16H2,(H,17,18,19). The summed E-state index contributed by atoms with van der Waals surface area (Å²) in [5, 5.41) is 0. The van der Waals surface area contributed by atoms with Crippen LogP contribution in [-0.4, -0.2) is 9.97 Å². The highest BCUT2D eigenvalue weighted by atomic mass is 79.9. The van der Waals surface area contributed by atoms with E-state index in [9.17, 15) is 0 Å². The van der Waals surface area contributed by atoms with E-state index >= 15 is 0 Å². The third-order valence-corrected chi connectivity index (χ3v) is 3.90. The molecule has 19 heavy (non-hydrogen) atoms. The fourth-order valence-corrected chi connectivity index (χ4v) is 2.87. The summed E-state index contributed by atoms with van der Waals surface area (Å²) in [6.45, 7) is 0. The summed E-state index contributed by atoms with van der Waals surface area (Å²) >= 11 is 3.47. The van der Waals surface area contributed by atoms with Crippen molar-refractivity contribution in [2.75, 3.05) is 5.43 Å². The lowest BCUT2D eigenvalue weighted by Crippen LogP contribution is -2.17. The molecule has 1 aromatic heterocycles. The van der Waals surface area contributed by atoms with Crippen LogP contribution in [0.25, 0.3) is 11.4 Å². The lowest BCUT2D eigenvalue weighted by Gasteiger charge is -2.18. The molecule has 4 nitrogen and oxygen atoms in total. The number of aromatic nitrogens is 2. The van der Waals surface area contributed by atoms with Crippen molar-refractivity contribution >= 4 is 21.7 Å². The highest BCUT2D eigenvalue weighted by Crippen LogP contribution is 2.28. The largest absolute Gasteiger partial charge is 0.308 e. The van der Waals surface area contributed by atoms with Gasteiger partial charge in [-0.2, -0.15) is 0 Å². The molecule has 1 aromatic carbocycles. The van der Waals surface area contributed by atoms with Crippen LogP contribution in [0, 0.1) is 0 Å². The Labute approximate surface area is 120 Å². The number of nitrogen functional groups attached to an aromatic ring is 1. The number of halogens is 1. The maximum Gasteiger partial charge on any atom is 0.161 e. The number of benzene rings is 1. The van der Waals surface area contributed by atoms with Gasteiger partial charge in [0.15, 0.2) is 5.82 Å². The van der Waals surface area contributed by atoms with Crippen LogP contribution in [0.15, 0.2) is 28.7 Å². The smallest absolute Gasteiger partial charge is 0.161 e. The molecule has 1 aliphatic carbocycles. The van der Waals surface area contributed by atoms with Crippen molar-refractivity contribution in [3.05, 3.63) is 40.0 Å². The van der Waals surface area contributed by atoms with Crippen LogP contribution in [0.3, 0.4) is 0 Å². The first-order valence-electron chi connectivity index (χ1n) is 6.40. The van der Waals surface area contributed by atoms with Gasteiger partial charge in [0.2, 0.25) is 0 Å². The lowest BCUT2D eigenvalue weighted by molar-refractivity contribution is 0.665. The molecular weight excluding hydrogens is 304 g/mol. The van der Waals surface area contributed by atoms with Gasteiger partial charge in [0.25, 0.3) is 0 Å². The van der Waals surface area contributed by atoms with Gasteiger partial charge < -0.3 is 5.43 Å². The summed E-state index contributed by atoms with van der Waals surface area (Å²) in [5.74, 6) is 7.10. The van der Waals surface area contributed by atoms with Crippen molar-refractivity contribution in [2.24, 2.45) is 5.84 Å². The minimum atomic E-state index is 0.731. The molecule has 0 bridgehead atoms. The summed E-state index contributed by atoms with van der Waals surface area (Å²) < 4.78 is 1.02. The van der Waals surface area contributed by atoms with Crippen LogP contribution in [-0.2, 0) is 12.8 Å². The van der Waals surface area contributed by atoms with Crippen molar-refractivity contribution in [2.45, 2.75) is 25.7 Å². The number of nitrogens with one attached hydrogen (secondary N) is 1. The SMILES string of the molecule is NNc1nc(-c2cccc(Br)c2)nc2c1CCCC2. The van der Waals surface area contributed by atoms with Crippen LogP contribution in [0.1, 0.15) is 24.1 Å². The topological polar surface area (TPSA) is 63.8 Å². The van der Waals surface area contributed by atoms with E-state index < -0.39 is 0 Å². The Hall–Kier alpha value is -1.46. The molecule has 2 aromatic rings. The molecule has 0 spiro atoms. The summed E-state index contributed by atoms with van der Waals surface area (Å²) in [4.78, 5) is 9.25. The summed E-state index contributed by atoms with van der Waals surface area (Å²) in [6.07, 6.45) is 4.38. The predicted octanol–water partition coefficient (Wildman–Crippen LogP) is 3.07. The maximum atomic E-state index is 5.60. The molecular formula is C14H15BrN4. The Morgan fingerprint density at radius 3 is 2.79 bits per heavy atom. The van der Waals surface area contributed by atoms with Gasteiger partial charge in [-0.1, -0.05) is 28.1 Å². The number of hydrogen-bond acceptors (Lipinski definition) is 4. The molecule has 5 heteroatoms. The van der Waals surface area contributed by atoms with Crippen LogP contribution in [0.5, 0.6) is 0 Å². The number of anilines is 1. The van der Waals surface area contributed by atoms with Gasteiger partial charge in [-0.05, 0) is 37.8 Å². The van der Waals surface area contributed by atoms with Gasteiger partial charge in [0.1, 0.15) is 5.82 Å². The van der Waals surface area contributed by atoms with Gasteiger partial charge in [-0.3, -0.25) is 0 Å². The number of aryl methyl sites for hydroxylation is 1. The monoisotopic (exact) mass is 318 g/mol. The number of nitrogens with two attached hydrogens (primary N) is 1. The first-order valence-corrected chi connectivity index (χ1v) is 7.19. The van der Waals surface area contributed by atoms with E-state index in [-0.39, 0.29) is 0 Å². The van der Waals surface area contributed by atoms with E-state index in [2.05, 4.69) is 26.3 Å². The zero-order chi connectivity index (χ0) is 13.2. The molecule has 0 unspecified atom stereocenters. The zero-order valence-electron chi connectivity index (χ0n) is 10.5.